The van der Waals surface area contributed by atoms with Crippen LogP contribution in [0.15, 0.2) is 72.1 Å². The summed E-state index contributed by atoms with van der Waals surface area (Å²) in [5.41, 5.74) is 7.68. The summed E-state index contributed by atoms with van der Waals surface area (Å²) in [5.74, 6) is 0.618. The molecule has 0 radical (unpaired) electrons. The maximum absolute atomic E-state index is 12.4. The van der Waals surface area contributed by atoms with Gasteiger partial charge in [0.2, 0.25) is 5.88 Å². The number of nitro groups is 1. The minimum atomic E-state index is -0.697. The number of allylic oxidation sites excluding steroid dienone is 1. The van der Waals surface area contributed by atoms with Crippen molar-refractivity contribution in [3.8, 4) is 34.8 Å². The van der Waals surface area contributed by atoms with Crippen molar-refractivity contribution in [2.75, 3.05) is 20.3 Å². The molecule has 0 aliphatic carbocycles. The molecule has 0 bridgehead atoms. The molecule has 11 heteroatoms. The van der Waals surface area contributed by atoms with Crippen LogP contribution >= 0.6 is 0 Å². The van der Waals surface area contributed by atoms with Gasteiger partial charge in [-0.2, -0.15) is 5.26 Å². The van der Waals surface area contributed by atoms with E-state index in [1.165, 1.54) is 30.3 Å². The van der Waals surface area contributed by atoms with E-state index in [0.717, 1.165) is 31.2 Å². The zero-order valence-corrected chi connectivity index (χ0v) is 23.3. The first-order valence-corrected chi connectivity index (χ1v) is 13.4. The Labute approximate surface area is 243 Å². The highest BCUT2D eigenvalue weighted by atomic mass is 16.6. The number of fused-ring (bicyclic) bond motifs is 1. The van der Waals surface area contributed by atoms with Crippen molar-refractivity contribution < 1.29 is 33.4 Å². The molecule has 2 N–H and O–H groups in total. The van der Waals surface area contributed by atoms with E-state index >= 15 is 0 Å². The summed E-state index contributed by atoms with van der Waals surface area (Å²) in [4.78, 5) is 22.7. The Morgan fingerprint density at radius 2 is 1.79 bits per heavy atom. The first-order valence-electron chi connectivity index (χ1n) is 13.4. The van der Waals surface area contributed by atoms with E-state index in [1.807, 2.05) is 18.2 Å². The smallest absolute Gasteiger partial charge is 0.349 e. The number of esters is 1. The third-order valence-corrected chi connectivity index (χ3v) is 6.60. The van der Waals surface area contributed by atoms with Crippen LogP contribution in [0.4, 0.5) is 5.69 Å². The van der Waals surface area contributed by atoms with Crippen LogP contribution in [-0.2, 0) is 4.79 Å². The highest BCUT2D eigenvalue weighted by Gasteiger charge is 2.32. The Kier molecular flexibility index (Phi) is 9.84. The zero-order chi connectivity index (χ0) is 30.1. The standard InChI is InChI=1S/C31H31N3O8/c1-3-4-5-6-15-39-26-14-7-20(16-28(26)38-2)30-24-13-12-23(17-27(24)42-31(33)25(30)18-32)41-29(35)19-40-22-10-8-21(9-11-22)34(36)37/h7-14,16-17,30H,3-6,15,19,33H2,1-2H3. The number of benzene rings is 3. The lowest BCUT2D eigenvalue weighted by molar-refractivity contribution is -0.384. The predicted molar refractivity (Wildman–Crippen MR) is 153 cm³/mol. The number of non-ortho nitro benzene ring substituents is 1. The quantitative estimate of drug-likeness (QED) is 0.0876. The SMILES string of the molecule is CCCCCCOc1ccc(C2C(C#N)=C(N)Oc3cc(OC(=O)COc4ccc([N+](=O)[O-])cc4)ccc32)cc1OC. The fourth-order valence-corrected chi connectivity index (χ4v) is 4.50. The molecule has 1 atom stereocenters. The minimum absolute atomic E-state index is 0.0600. The van der Waals surface area contributed by atoms with Crippen molar-refractivity contribution >= 4 is 11.7 Å². The van der Waals surface area contributed by atoms with Crippen LogP contribution in [0.25, 0.3) is 0 Å². The van der Waals surface area contributed by atoms with Crippen LogP contribution in [0.1, 0.15) is 49.7 Å². The van der Waals surface area contributed by atoms with Gasteiger partial charge in [-0.1, -0.05) is 38.3 Å². The molecule has 1 aliphatic rings. The Morgan fingerprint density at radius 1 is 1.02 bits per heavy atom. The number of rotatable bonds is 13. The maximum atomic E-state index is 12.4. The van der Waals surface area contributed by atoms with Crippen LogP contribution in [0, 0.1) is 21.4 Å². The van der Waals surface area contributed by atoms with Crippen molar-refractivity contribution in [3.05, 3.63) is 93.4 Å². The van der Waals surface area contributed by atoms with Crippen LogP contribution < -0.4 is 29.4 Å². The van der Waals surface area contributed by atoms with Crippen molar-refractivity contribution in [2.24, 2.45) is 5.73 Å². The fraction of sp³-hybridized carbons (Fsp3) is 0.290. The summed E-state index contributed by atoms with van der Waals surface area (Å²) in [5, 5.41) is 20.7. The van der Waals surface area contributed by atoms with E-state index in [4.69, 9.17) is 29.4 Å². The highest BCUT2D eigenvalue weighted by Crippen LogP contribution is 2.45. The number of carbonyl (C=O) groups is 1. The normalized spacial score (nSPS) is 13.8. The second kappa shape index (κ2) is 13.9. The van der Waals surface area contributed by atoms with E-state index in [-0.39, 0.29) is 28.6 Å². The van der Waals surface area contributed by atoms with Gasteiger partial charge < -0.3 is 29.4 Å². The number of unbranched alkanes of at least 4 members (excludes halogenated alkanes) is 3. The van der Waals surface area contributed by atoms with E-state index in [0.29, 0.717) is 29.4 Å². The Bertz CT molecular complexity index is 1510. The third kappa shape index (κ3) is 7.09. The van der Waals surface area contributed by atoms with Gasteiger partial charge in [0.05, 0.1) is 24.6 Å². The number of methoxy groups -OCH3 is 1. The van der Waals surface area contributed by atoms with Crippen LogP contribution in [0.5, 0.6) is 28.7 Å². The summed E-state index contributed by atoms with van der Waals surface area (Å²) in [6.45, 7) is 2.31. The molecule has 4 rings (SSSR count). The largest absolute Gasteiger partial charge is 0.493 e. The molecule has 1 aliphatic heterocycles. The molecule has 0 amide bonds. The van der Waals surface area contributed by atoms with E-state index in [2.05, 4.69) is 13.0 Å². The molecule has 1 heterocycles. The van der Waals surface area contributed by atoms with Gasteiger partial charge in [-0.25, -0.2) is 4.79 Å². The number of nitro benzene ring substituents is 1. The van der Waals surface area contributed by atoms with Gasteiger partial charge in [0, 0.05) is 23.8 Å². The van der Waals surface area contributed by atoms with Crippen molar-refractivity contribution in [1.29, 1.82) is 5.26 Å². The Balaban J connectivity index is 1.49. The summed E-state index contributed by atoms with van der Waals surface area (Å²) < 4.78 is 28.0. The van der Waals surface area contributed by atoms with Gasteiger partial charge in [0.25, 0.3) is 5.69 Å². The van der Waals surface area contributed by atoms with Crippen molar-refractivity contribution in [2.45, 2.75) is 38.5 Å². The van der Waals surface area contributed by atoms with Crippen LogP contribution in [0.2, 0.25) is 0 Å². The molecular weight excluding hydrogens is 542 g/mol. The number of ether oxygens (including phenoxy) is 5. The van der Waals surface area contributed by atoms with E-state index in [1.54, 1.807) is 19.2 Å². The topological polar surface area (TPSA) is 156 Å². The highest BCUT2D eigenvalue weighted by molar-refractivity contribution is 5.74. The van der Waals surface area contributed by atoms with Crippen LogP contribution in [-0.4, -0.2) is 31.2 Å². The van der Waals surface area contributed by atoms with Gasteiger partial charge in [0.15, 0.2) is 18.1 Å². The van der Waals surface area contributed by atoms with Crippen molar-refractivity contribution in [3.63, 3.8) is 0 Å². The molecule has 0 fully saturated rings. The molecule has 0 aromatic heterocycles. The lowest BCUT2D eigenvalue weighted by Gasteiger charge is -2.27. The average Bonchev–Trinajstić information content (AvgIpc) is 2.99. The van der Waals surface area contributed by atoms with Gasteiger partial charge in [0.1, 0.15) is 28.9 Å². The number of nitriles is 1. The molecule has 3 aromatic rings. The summed E-state index contributed by atoms with van der Waals surface area (Å²) in [6, 6.07) is 17.8. The second-order valence-electron chi connectivity index (χ2n) is 9.46. The molecular formula is C31H31N3O8. The summed E-state index contributed by atoms with van der Waals surface area (Å²) >= 11 is 0. The first kappa shape index (κ1) is 29.7. The van der Waals surface area contributed by atoms with Crippen molar-refractivity contribution in [1.82, 2.24) is 0 Å². The molecule has 0 saturated heterocycles. The molecule has 3 aromatic carbocycles. The van der Waals surface area contributed by atoms with Gasteiger partial charge >= 0.3 is 5.97 Å². The average molecular weight is 574 g/mol. The maximum Gasteiger partial charge on any atom is 0.349 e. The fourth-order valence-electron chi connectivity index (χ4n) is 4.50. The Morgan fingerprint density at radius 3 is 2.48 bits per heavy atom. The predicted octanol–water partition coefficient (Wildman–Crippen LogP) is 5.77. The lowest BCUT2D eigenvalue weighted by Crippen LogP contribution is -2.22. The lowest BCUT2D eigenvalue weighted by atomic mass is 9.83. The number of nitrogens with two attached hydrogens (primary N) is 1. The van der Waals surface area contributed by atoms with E-state index in [9.17, 15) is 20.2 Å². The minimum Gasteiger partial charge on any atom is -0.493 e. The molecule has 42 heavy (non-hydrogen) atoms. The van der Waals surface area contributed by atoms with Gasteiger partial charge in [-0.05, 0) is 42.3 Å². The number of hydrogen-bond acceptors (Lipinski definition) is 10. The number of carbonyl (C=O) groups excluding carboxylic acids is 1. The third-order valence-electron chi connectivity index (χ3n) is 6.60. The number of hydrogen-bond donors (Lipinski definition) is 1. The molecule has 0 spiro atoms. The van der Waals surface area contributed by atoms with Gasteiger partial charge in [-0.15, -0.1) is 0 Å². The summed E-state index contributed by atoms with van der Waals surface area (Å²) in [7, 11) is 1.56. The van der Waals surface area contributed by atoms with Gasteiger partial charge in [-0.3, -0.25) is 10.1 Å². The molecule has 0 saturated carbocycles. The molecule has 11 nitrogen and oxygen atoms in total. The second-order valence-corrected chi connectivity index (χ2v) is 9.46. The monoisotopic (exact) mass is 573 g/mol. The zero-order valence-electron chi connectivity index (χ0n) is 23.3. The van der Waals surface area contributed by atoms with E-state index < -0.39 is 23.4 Å². The summed E-state index contributed by atoms with van der Waals surface area (Å²) in [6.07, 6.45) is 4.34. The molecule has 218 valence electrons. The van der Waals surface area contributed by atoms with Crippen LogP contribution in [0.3, 0.4) is 0 Å². The Hall–Kier alpha value is -5.24. The first-order chi connectivity index (χ1) is 20.3. The molecule has 1 unspecified atom stereocenters. The number of nitrogens with zero attached hydrogens (tertiary/aromatic N) is 2.